The van der Waals surface area contributed by atoms with Crippen molar-refractivity contribution in [1.29, 1.82) is 0 Å². The van der Waals surface area contributed by atoms with Crippen LogP contribution in [0.1, 0.15) is 25.0 Å². The quantitative estimate of drug-likeness (QED) is 0.291. The van der Waals surface area contributed by atoms with E-state index in [0.717, 1.165) is 23.5 Å². The molecule has 168 valence electrons. The summed E-state index contributed by atoms with van der Waals surface area (Å²) in [6, 6.07) is 35.4. The first kappa shape index (κ1) is 22.9. The molecule has 0 saturated carbocycles. The highest BCUT2D eigenvalue weighted by Crippen LogP contribution is 2.47. The van der Waals surface area contributed by atoms with Gasteiger partial charge in [0.15, 0.2) is 11.5 Å². The Morgan fingerprint density at radius 2 is 1.33 bits per heavy atom. The Morgan fingerprint density at radius 1 is 0.758 bits per heavy atom. The Morgan fingerprint density at radius 3 is 1.94 bits per heavy atom. The Kier molecular flexibility index (Phi) is 7.01. The van der Waals surface area contributed by atoms with Crippen molar-refractivity contribution in [3.63, 3.8) is 0 Å². The van der Waals surface area contributed by atoms with Crippen molar-refractivity contribution in [2.45, 2.75) is 25.5 Å². The summed E-state index contributed by atoms with van der Waals surface area (Å²) in [4.78, 5) is 2.35. The van der Waals surface area contributed by atoms with Gasteiger partial charge < -0.3 is 14.7 Å². The van der Waals surface area contributed by atoms with Gasteiger partial charge in [-0.05, 0) is 41.2 Å². The molecule has 1 N–H and O–H groups in total. The highest BCUT2D eigenvalue weighted by atomic mass is 31.1. The van der Waals surface area contributed by atoms with E-state index in [9.17, 15) is 5.11 Å². The molecule has 0 aliphatic rings. The van der Waals surface area contributed by atoms with Gasteiger partial charge in [-0.1, -0.05) is 95.2 Å². The molecule has 0 aliphatic heterocycles. The molecule has 0 bridgehead atoms. The number of aromatic hydroxyl groups is 1. The Balaban J connectivity index is 1.68. The van der Waals surface area contributed by atoms with Crippen LogP contribution in [0.4, 0.5) is 11.4 Å². The fourth-order valence-electron chi connectivity index (χ4n) is 4.09. The second kappa shape index (κ2) is 10.1. The zero-order valence-corrected chi connectivity index (χ0v) is 20.3. The van der Waals surface area contributed by atoms with E-state index in [-0.39, 0.29) is 10.9 Å². The predicted octanol–water partition coefficient (Wildman–Crippen LogP) is 6.98. The molecule has 4 aromatic carbocycles. The average molecular weight is 456 g/mol. The Labute approximate surface area is 198 Å². The van der Waals surface area contributed by atoms with Crippen molar-refractivity contribution >= 4 is 25.3 Å². The maximum absolute atomic E-state index is 10.8. The second-order valence-corrected chi connectivity index (χ2v) is 10.6. The van der Waals surface area contributed by atoms with Gasteiger partial charge in [0.2, 0.25) is 0 Å². The van der Waals surface area contributed by atoms with E-state index < -0.39 is 0 Å². The van der Waals surface area contributed by atoms with Crippen molar-refractivity contribution in [3.8, 4) is 11.5 Å². The van der Waals surface area contributed by atoms with Crippen molar-refractivity contribution in [2.24, 2.45) is 0 Å². The lowest BCUT2D eigenvalue weighted by atomic mass is 10.0. The van der Waals surface area contributed by atoms with Crippen LogP contribution >= 0.6 is 8.58 Å². The number of phenolic OH excluding ortho intramolecular Hbond substituents is 1. The van der Waals surface area contributed by atoms with Gasteiger partial charge in [-0.3, -0.25) is 0 Å². The van der Waals surface area contributed by atoms with Crippen LogP contribution in [0, 0.1) is 0 Å². The van der Waals surface area contributed by atoms with E-state index in [0.29, 0.717) is 14.3 Å². The fraction of sp³-hybridized carbons (Fsp3) is 0.172. The minimum Gasteiger partial charge on any atom is -0.504 e. The topological polar surface area (TPSA) is 32.7 Å². The molecule has 0 heterocycles. The highest BCUT2D eigenvalue weighted by Gasteiger charge is 2.27. The summed E-state index contributed by atoms with van der Waals surface area (Å²) >= 11 is 0. The number of hydrogen-bond donors (Lipinski definition) is 1. The summed E-state index contributed by atoms with van der Waals surface area (Å²) in [5.74, 6) is 0.739. The standard InChI is InChI=1S/C29H30NO2P/c1-29(2,25-18-12-19-26(32-3)28(25)31)33-27-20-11-10-13-22(27)21-30(23-14-6-4-7-15-23)24-16-8-5-9-17-24/h4-20,31,33H,21H2,1-3H3. The molecule has 33 heavy (non-hydrogen) atoms. The lowest BCUT2D eigenvalue weighted by Crippen LogP contribution is -2.22. The van der Waals surface area contributed by atoms with Crippen molar-refractivity contribution in [1.82, 2.24) is 0 Å². The molecule has 0 saturated heterocycles. The maximum atomic E-state index is 10.8. The molecule has 1 unspecified atom stereocenters. The van der Waals surface area contributed by atoms with Crippen LogP contribution in [-0.2, 0) is 11.7 Å². The molecule has 0 aliphatic carbocycles. The molecule has 0 spiro atoms. The van der Waals surface area contributed by atoms with E-state index in [1.807, 2.05) is 24.3 Å². The first-order valence-electron chi connectivity index (χ1n) is 11.1. The molecule has 0 fully saturated rings. The zero-order valence-electron chi connectivity index (χ0n) is 19.3. The van der Waals surface area contributed by atoms with Gasteiger partial charge in [0.1, 0.15) is 0 Å². The minimum atomic E-state index is -0.251. The monoisotopic (exact) mass is 455 g/mol. The van der Waals surface area contributed by atoms with Crippen LogP contribution in [0.15, 0.2) is 103 Å². The van der Waals surface area contributed by atoms with E-state index >= 15 is 0 Å². The molecular weight excluding hydrogens is 425 g/mol. The maximum Gasteiger partial charge on any atom is 0.161 e. The van der Waals surface area contributed by atoms with Crippen molar-refractivity contribution < 1.29 is 9.84 Å². The number of ether oxygens (including phenoxy) is 1. The molecule has 0 aromatic heterocycles. The van der Waals surface area contributed by atoms with Gasteiger partial charge in [-0.15, -0.1) is 0 Å². The molecule has 4 heteroatoms. The van der Waals surface area contributed by atoms with Crippen LogP contribution in [-0.4, -0.2) is 12.2 Å². The predicted molar refractivity (Wildman–Crippen MR) is 141 cm³/mol. The normalized spacial score (nSPS) is 11.6. The number of para-hydroxylation sites is 3. The van der Waals surface area contributed by atoms with Crippen LogP contribution in [0.3, 0.4) is 0 Å². The van der Waals surface area contributed by atoms with E-state index in [4.69, 9.17) is 4.74 Å². The molecule has 0 amide bonds. The SMILES string of the molecule is COc1cccc(C(C)(C)Pc2ccccc2CN(c2ccccc2)c2ccccc2)c1O. The first-order chi connectivity index (χ1) is 16.0. The van der Waals surface area contributed by atoms with Gasteiger partial charge >= 0.3 is 0 Å². The molecule has 1 atom stereocenters. The summed E-state index contributed by atoms with van der Waals surface area (Å²) < 4.78 is 5.35. The van der Waals surface area contributed by atoms with Gasteiger partial charge in [0, 0.05) is 28.6 Å². The van der Waals surface area contributed by atoms with E-state index in [2.05, 4.69) is 91.5 Å². The van der Waals surface area contributed by atoms with Gasteiger partial charge in [0.05, 0.1) is 7.11 Å². The number of hydrogen-bond acceptors (Lipinski definition) is 3. The number of nitrogens with zero attached hydrogens (tertiary/aromatic N) is 1. The zero-order chi connectivity index (χ0) is 23.3. The van der Waals surface area contributed by atoms with Gasteiger partial charge in [0.25, 0.3) is 0 Å². The van der Waals surface area contributed by atoms with Crippen LogP contribution < -0.4 is 14.9 Å². The Bertz CT molecular complexity index is 1150. The number of benzene rings is 4. The second-order valence-electron chi connectivity index (χ2n) is 8.52. The summed E-state index contributed by atoms with van der Waals surface area (Å²) in [6.07, 6.45) is 0. The number of anilines is 2. The van der Waals surface area contributed by atoms with Crippen LogP contribution in [0.25, 0.3) is 0 Å². The lowest BCUT2D eigenvalue weighted by Gasteiger charge is -2.30. The van der Waals surface area contributed by atoms with Crippen LogP contribution in [0.5, 0.6) is 11.5 Å². The third-order valence-corrected chi connectivity index (χ3v) is 7.47. The summed E-state index contributed by atoms with van der Waals surface area (Å²) in [5, 5.41) is 11.8. The number of methoxy groups -OCH3 is 1. The number of phenols is 1. The Hall–Kier alpha value is -3.29. The smallest absolute Gasteiger partial charge is 0.161 e. The summed E-state index contributed by atoms with van der Waals surface area (Å²) in [7, 11) is 2.06. The summed E-state index contributed by atoms with van der Waals surface area (Å²) in [5.41, 5.74) is 4.50. The van der Waals surface area contributed by atoms with Gasteiger partial charge in [-0.25, -0.2) is 0 Å². The minimum absolute atomic E-state index is 0.227. The average Bonchev–Trinajstić information content (AvgIpc) is 2.84. The molecule has 0 radical (unpaired) electrons. The molecular formula is C29H30NO2P. The number of rotatable bonds is 8. The lowest BCUT2D eigenvalue weighted by molar-refractivity contribution is 0.368. The third kappa shape index (κ3) is 5.21. The van der Waals surface area contributed by atoms with Gasteiger partial charge in [-0.2, -0.15) is 0 Å². The van der Waals surface area contributed by atoms with Crippen molar-refractivity contribution in [2.75, 3.05) is 12.0 Å². The molecule has 4 aromatic rings. The first-order valence-corrected chi connectivity index (χ1v) is 12.1. The molecule has 3 nitrogen and oxygen atoms in total. The third-order valence-electron chi connectivity index (χ3n) is 5.82. The van der Waals surface area contributed by atoms with Crippen LogP contribution in [0.2, 0.25) is 0 Å². The summed E-state index contributed by atoms with van der Waals surface area (Å²) in [6.45, 7) is 5.13. The highest BCUT2D eigenvalue weighted by molar-refractivity contribution is 7.48. The van der Waals surface area contributed by atoms with E-state index in [1.54, 1.807) is 13.2 Å². The fourth-order valence-corrected chi connectivity index (χ4v) is 5.61. The van der Waals surface area contributed by atoms with E-state index in [1.165, 1.54) is 10.9 Å². The molecule has 4 rings (SSSR count). The van der Waals surface area contributed by atoms with Crippen molar-refractivity contribution in [3.05, 3.63) is 114 Å². The largest absolute Gasteiger partial charge is 0.504 e.